The average Bonchev–Trinajstić information content (AvgIpc) is 2.93. The number of hydrogen-bond acceptors (Lipinski definition) is 3. The Morgan fingerprint density at radius 3 is 2.85 bits per heavy atom. The van der Waals surface area contributed by atoms with Crippen molar-refractivity contribution in [2.75, 3.05) is 0 Å². The van der Waals surface area contributed by atoms with Crippen LogP contribution in [0.4, 0.5) is 0 Å². The molecule has 1 heterocycles. The minimum atomic E-state index is -0.163. The lowest BCUT2D eigenvalue weighted by atomic mass is 9.76. The number of aryl methyl sites for hydroxylation is 2. The van der Waals surface area contributed by atoms with Gasteiger partial charge in [-0.15, -0.1) is 0 Å². The van der Waals surface area contributed by atoms with Gasteiger partial charge in [0.25, 0.3) is 5.91 Å². The van der Waals surface area contributed by atoms with Gasteiger partial charge in [0.2, 0.25) is 0 Å². The number of fused-ring (bicyclic) bond motifs is 1. The molecule has 1 N–H and O–H groups in total. The molecular formula is C21H30N4O. The van der Waals surface area contributed by atoms with Crippen LogP contribution in [0, 0.1) is 24.7 Å². The summed E-state index contributed by atoms with van der Waals surface area (Å²) in [7, 11) is 0. The van der Waals surface area contributed by atoms with Gasteiger partial charge >= 0.3 is 0 Å². The molecule has 26 heavy (non-hydrogen) atoms. The van der Waals surface area contributed by atoms with E-state index < -0.39 is 0 Å². The minimum Gasteiger partial charge on any atom is -0.329 e. The second kappa shape index (κ2) is 7.60. The first-order chi connectivity index (χ1) is 12.4. The Balaban J connectivity index is 1.80. The molecule has 0 aliphatic heterocycles. The molecule has 0 radical (unpaired) electrons. The van der Waals surface area contributed by atoms with Crippen molar-refractivity contribution in [2.45, 2.75) is 60.4 Å². The number of carbonyl (C=O) groups is 1. The molecule has 140 valence electrons. The van der Waals surface area contributed by atoms with E-state index in [-0.39, 0.29) is 5.91 Å². The molecule has 1 aliphatic rings. The predicted molar refractivity (Wildman–Crippen MR) is 106 cm³/mol. The van der Waals surface area contributed by atoms with Crippen molar-refractivity contribution < 1.29 is 4.79 Å². The van der Waals surface area contributed by atoms with Gasteiger partial charge in [0, 0.05) is 23.7 Å². The van der Waals surface area contributed by atoms with Crippen molar-refractivity contribution in [1.29, 1.82) is 0 Å². The molecular weight excluding hydrogens is 324 g/mol. The molecule has 0 unspecified atom stereocenters. The molecule has 1 saturated carbocycles. The van der Waals surface area contributed by atoms with E-state index in [9.17, 15) is 4.79 Å². The second-order valence-corrected chi connectivity index (χ2v) is 7.89. The molecule has 0 spiro atoms. The quantitative estimate of drug-likeness (QED) is 0.819. The van der Waals surface area contributed by atoms with Crippen molar-refractivity contribution in [3.05, 3.63) is 29.6 Å². The number of rotatable bonds is 4. The van der Waals surface area contributed by atoms with E-state index in [1.165, 1.54) is 6.42 Å². The average molecular weight is 354 g/mol. The molecule has 3 rings (SSSR count). The summed E-state index contributed by atoms with van der Waals surface area (Å²) < 4.78 is 2.15. The zero-order valence-corrected chi connectivity index (χ0v) is 16.5. The highest BCUT2D eigenvalue weighted by molar-refractivity contribution is 5.98. The highest BCUT2D eigenvalue weighted by Crippen LogP contribution is 2.31. The maximum absolute atomic E-state index is 12.6. The van der Waals surface area contributed by atoms with Gasteiger partial charge in [-0.2, -0.15) is 5.10 Å². The van der Waals surface area contributed by atoms with Crippen LogP contribution in [0.3, 0.4) is 0 Å². The maximum Gasteiger partial charge on any atom is 0.271 e. The molecule has 5 nitrogen and oxygen atoms in total. The fourth-order valence-corrected chi connectivity index (χ4v) is 4.07. The third-order valence-corrected chi connectivity index (χ3v) is 5.58. The topological polar surface area (TPSA) is 59.3 Å². The Bertz CT molecular complexity index is 834. The van der Waals surface area contributed by atoms with E-state index in [0.29, 0.717) is 23.3 Å². The summed E-state index contributed by atoms with van der Waals surface area (Å²) in [6, 6.07) is 5.68. The third-order valence-electron chi connectivity index (χ3n) is 5.58. The largest absolute Gasteiger partial charge is 0.329 e. The van der Waals surface area contributed by atoms with Crippen LogP contribution in [-0.4, -0.2) is 21.2 Å². The van der Waals surface area contributed by atoms with Crippen LogP contribution in [0.2, 0.25) is 0 Å². The van der Waals surface area contributed by atoms with Gasteiger partial charge in [-0.25, -0.2) is 10.4 Å². The van der Waals surface area contributed by atoms with Crippen LogP contribution in [0.25, 0.3) is 11.0 Å². The van der Waals surface area contributed by atoms with E-state index >= 15 is 0 Å². The summed E-state index contributed by atoms with van der Waals surface area (Å²) in [5, 5.41) is 4.52. The fraction of sp³-hybridized carbons (Fsp3) is 0.571. The number of benzene rings is 1. The molecule has 0 saturated heterocycles. The first-order valence-corrected chi connectivity index (χ1v) is 9.74. The lowest BCUT2D eigenvalue weighted by molar-refractivity contribution is 0.0954. The Kier molecular flexibility index (Phi) is 5.44. The third kappa shape index (κ3) is 3.67. The van der Waals surface area contributed by atoms with E-state index in [1.807, 2.05) is 25.1 Å². The Hall–Kier alpha value is -2.17. The van der Waals surface area contributed by atoms with Crippen LogP contribution in [-0.2, 0) is 6.54 Å². The number of amides is 1. The van der Waals surface area contributed by atoms with Crippen molar-refractivity contribution >= 4 is 22.7 Å². The second-order valence-electron chi connectivity index (χ2n) is 7.89. The minimum absolute atomic E-state index is 0.163. The molecule has 1 aromatic carbocycles. The fourth-order valence-electron chi connectivity index (χ4n) is 4.07. The van der Waals surface area contributed by atoms with E-state index in [4.69, 9.17) is 0 Å². The SMILES string of the molecule is CCn1c(C)nc2cc(C(=O)N/N=C3/C[C@@H](C)CC[C@@H]3C(C)C)ccc21. The van der Waals surface area contributed by atoms with Crippen LogP contribution >= 0.6 is 0 Å². The van der Waals surface area contributed by atoms with E-state index in [1.54, 1.807) is 0 Å². The zero-order valence-electron chi connectivity index (χ0n) is 16.5. The molecule has 5 heteroatoms. The Morgan fingerprint density at radius 2 is 2.15 bits per heavy atom. The van der Waals surface area contributed by atoms with Gasteiger partial charge in [0.15, 0.2) is 0 Å². The number of carbonyl (C=O) groups excluding carboxylic acids is 1. The first kappa shape index (κ1) is 18.6. The summed E-state index contributed by atoms with van der Waals surface area (Å²) in [5.41, 5.74) is 6.45. The highest BCUT2D eigenvalue weighted by Gasteiger charge is 2.27. The summed E-state index contributed by atoms with van der Waals surface area (Å²) in [6.45, 7) is 11.7. The van der Waals surface area contributed by atoms with Crippen molar-refractivity contribution in [2.24, 2.45) is 22.9 Å². The van der Waals surface area contributed by atoms with Gasteiger partial charge in [-0.1, -0.05) is 20.8 Å². The monoisotopic (exact) mass is 354 g/mol. The zero-order chi connectivity index (χ0) is 18.8. The predicted octanol–water partition coefficient (Wildman–Crippen LogP) is 4.54. The lowest BCUT2D eigenvalue weighted by Crippen LogP contribution is -2.31. The van der Waals surface area contributed by atoms with Gasteiger partial charge in [-0.05, 0) is 63.1 Å². The summed E-state index contributed by atoms with van der Waals surface area (Å²) >= 11 is 0. The number of nitrogens with one attached hydrogen (secondary N) is 1. The molecule has 0 bridgehead atoms. The van der Waals surface area contributed by atoms with E-state index in [2.05, 4.69) is 47.8 Å². The molecule has 1 amide bonds. The van der Waals surface area contributed by atoms with Gasteiger partial charge in [0.05, 0.1) is 11.0 Å². The standard InChI is InChI=1S/C21H30N4O/c1-6-25-15(5)22-19-12-16(8-10-20(19)25)21(26)24-23-18-11-14(4)7-9-17(18)13(2)3/h8,10,12-14,17H,6-7,9,11H2,1-5H3,(H,24,26)/b23-18-/t14-,17+/m0/s1. The normalized spacial score (nSPS) is 22.3. The highest BCUT2D eigenvalue weighted by atomic mass is 16.2. The molecule has 2 aromatic rings. The number of hydrogen-bond donors (Lipinski definition) is 1. The number of imidazole rings is 1. The van der Waals surface area contributed by atoms with Crippen LogP contribution in [0.1, 0.15) is 63.1 Å². The molecule has 1 aromatic heterocycles. The smallest absolute Gasteiger partial charge is 0.271 e. The summed E-state index contributed by atoms with van der Waals surface area (Å²) in [4.78, 5) is 17.2. The number of nitrogens with zero attached hydrogens (tertiary/aromatic N) is 3. The van der Waals surface area contributed by atoms with Gasteiger partial charge < -0.3 is 4.57 Å². The van der Waals surface area contributed by atoms with E-state index in [0.717, 1.165) is 42.0 Å². The van der Waals surface area contributed by atoms with Crippen LogP contribution in [0.5, 0.6) is 0 Å². The van der Waals surface area contributed by atoms with Crippen molar-refractivity contribution in [3.63, 3.8) is 0 Å². The first-order valence-electron chi connectivity index (χ1n) is 9.74. The number of aromatic nitrogens is 2. The molecule has 1 fully saturated rings. The van der Waals surface area contributed by atoms with Crippen molar-refractivity contribution in [1.82, 2.24) is 15.0 Å². The van der Waals surface area contributed by atoms with Gasteiger partial charge in [-0.3, -0.25) is 4.79 Å². The molecule has 2 atom stereocenters. The van der Waals surface area contributed by atoms with Crippen molar-refractivity contribution in [3.8, 4) is 0 Å². The van der Waals surface area contributed by atoms with Crippen LogP contribution in [0.15, 0.2) is 23.3 Å². The van der Waals surface area contributed by atoms with Gasteiger partial charge in [0.1, 0.15) is 5.82 Å². The summed E-state index contributed by atoms with van der Waals surface area (Å²) in [5.74, 6) is 2.46. The number of hydrazone groups is 1. The Labute approximate surface area is 155 Å². The van der Waals surface area contributed by atoms with Crippen LogP contribution < -0.4 is 5.43 Å². The Morgan fingerprint density at radius 1 is 1.38 bits per heavy atom. The summed E-state index contributed by atoms with van der Waals surface area (Å²) in [6.07, 6.45) is 3.38. The molecule has 1 aliphatic carbocycles. The lowest BCUT2D eigenvalue weighted by Gasteiger charge is -2.30. The maximum atomic E-state index is 12.6.